The van der Waals surface area contributed by atoms with Crippen molar-refractivity contribution in [2.75, 3.05) is 13.2 Å². The van der Waals surface area contributed by atoms with Crippen LogP contribution < -0.4 is 4.72 Å². The van der Waals surface area contributed by atoms with Crippen LogP contribution in [-0.2, 0) is 21.3 Å². The minimum Gasteiger partial charge on any atom is -0.379 e. The van der Waals surface area contributed by atoms with Crippen molar-refractivity contribution in [3.63, 3.8) is 0 Å². The number of hydrogen-bond acceptors (Lipinski definition) is 6. The van der Waals surface area contributed by atoms with Crippen molar-refractivity contribution in [2.45, 2.75) is 62.6 Å². The number of nitrogens with zero attached hydrogens (tertiary/aromatic N) is 5. The Labute approximate surface area is 152 Å². The van der Waals surface area contributed by atoms with Crippen molar-refractivity contribution in [1.82, 2.24) is 29.3 Å². The third kappa shape index (κ3) is 3.28. The van der Waals surface area contributed by atoms with Crippen molar-refractivity contribution in [2.24, 2.45) is 0 Å². The van der Waals surface area contributed by atoms with Gasteiger partial charge in [-0.3, -0.25) is 4.68 Å². The number of aryl methyl sites for hydroxylation is 1. The Morgan fingerprint density at radius 2 is 2.19 bits per heavy atom. The first-order valence-electron chi connectivity index (χ1n) is 9.03. The second-order valence-corrected chi connectivity index (χ2v) is 8.91. The maximum absolute atomic E-state index is 12.8. The molecule has 0 bridgehead atoms. The van der Waals surface area contributed by atoms with Gasteiger partial charge >= 0.3 is 0 Å². The Hall–Kier alpha value is -1.78. The molecule has 4 heterocycles. The number of fused-ring (bicyclic) bond motifs is 1. The van der Waals surface area contributed by atoms with Crippen LogP contribution in [-0.4, -0.2) is 46.2 Å². The molecule has 0 aliphatic carbocycles. The molecule has 0 radical (unpaired) electrons. The lowest BCUT2D eigenvalue weighted by molar-refractivity contribution is 0.184. The molecule has 2 atom stereocenters. The molecular weight excluding hydrogens is 356 g/mol. The standard InChI is InChI=1S/C16H24N6O3S/c1-11(2)15-18-16-14(4-3-6-21(16)19-15)20-26(23,24)13-8-17-22(9-13)12-5-7-25-10-12/h8-9,11-12,14,20H,3-7,10H2,1-2H3/t12-,14+/m1/s1. The summed E-state index contributed by atoms with van der Waals surface area (Å²) in [4.78, 5) is 4.74. The molecule has 26 heavy (non-hydrogen) atoms. The average molecular weight is 380 g/mol. The fourth-order valence-electron chi connectivity index (χ4n) is 3.37. The topological polar surface area (TPSA) is 104 Å². The van der Waals surface area contributed by atoms with Crippen LogP contribution in [0.4, 0.5) is 0 Å². The molecule has 1 N–H and O–H groups in total. The number of nitrogens with one attached hydrogen (secondary N) is 1. The van der Waals surface area contributed by atoms with Gasteiger partial charge in [0.1, 0.15) is 10.7 Å². The molecule has 0 saturated carbocycles. The molecule has 2 aliphatic rings. The van der Waals surface area contributed by atoms with Gasteiger partial charge in [0, 0.05) is 25.3 Å². The van der Waals surface area contributed by atoms with E-state index in [1.807, 2.05) is 18.5 Å². The fraction of sp³-hybridized carbons (Fsp3) is 0.688. The molecule has 0 aromatic carbocycles. The SMILES string of the molecule is CC(C)c1nc2n(n1)CCC[C@@H]2NS(=O)(=O)c1cnn([C@@H]2CCOC2)c1. The van der Waals surface area contributed by atoms with Gasteiger partial charge in [0.2, 0.25) is 10.0 Å². The second kappa shape index (κ2) is 6.75. The summed E-state index contributed by atoms with van der Waals surface area (Å²) in [6.07, 6.45) is 5.39. The second-order valence-electron chi connectivity index (χ2n) is 7.20. The monoisotopic (exact) mass is 380 g/mol. The Morgan fingerprint density at radius 1 is 1.35 bits per heavy atom. The summed E-state index contributed by atoms with van der Waals surface area (Å²) in [5.74, 6) is 1.65. The summed E-state index contributed by atoms with van der Waals surface area (Å²) in [5.41, 5.74) is 0. The van der Waals surface area contributed by atoms with E-state index < -0.39 is 10.0 Å². The van der Waals surface area contributed by atoms with E-state index in [0.717, 1.165) is 25.2 Å². The molecule has 2 aromatic rings. The van der Waals surface area contributed by atoms with Crippen LogP contribution in [0.15, 0.2) is 17.3 Å². The van der Waals surface area contributed by atoms with E-state index in [1.165, 1.54) is 6.20 Å². The van der Waals surface area contributed by atoms with Crippen molar-refractivity contribution >= 4 is 10.0 Å². The lowest BCUT2D eigenvalue weighted by Crippen LogP contribution is -2.33. The summed E-state index contributed by atoms with van der Waals surface area (Å²) >= 11 is 0. The van der Waals surface area contributed by atoms with Crippen molar-refractivity contribution < 1.29 is 13.2 Å². The van der Waals surface area contributed by atoms with E-state index in [1.54, 1.807) is 10.9 Å². The molecule has 142 valence electrons. The molecular formula is C16H24N6O3S. The first-order chi connectivity index (χ1) is 12.4. The lowest BCUT2D eigenvalue weighted by atomic mass is 10.1. The number of sulfonamides is 1. The maximum atomic E-state index is 12.8. The first kappa shape index (κ1) is 17.6. The van der Waals surface area contributed by atoms with Crippen LogP contribution in [0.5, 0.6) is 0 Å². The molecule has 2 aromatic heterocycles. The highest BCUT2D eigenvalue weighted by Gasteiger charge is 2.30. The molecule has 2 aliphatic heterocycles. The highest BCUT2D eigenvalue weighted by molar-refractivity contribution is 7.89. The van der Waals surface area contributed by atoms with Gasteiger partial charge in [-0.1, -0.05) is 13.8 Å². The van der Waals surface area contributed by atoms with Crippen LogP contribution in [0.2, 0.25) is 0 Å². The largest absolute Gasteiger partial charge is 0.379 e. The normalized spacial score (nSPS) is 23.5. The zero-order chi connectivity index (χ0) is 18.3. The fourth-order valence-corrected chi connectivity index (χ4v) is 4.54. The number of hydrogen-bond donors (Lipinski definition) is 1. The Bertz CT molecular complexity index is 882. The molecule has 9 nitrogen and oxygen atoms in total. The minimum atomic E-state index is -3.68. The summed E-state index contributed by atoms with van der Waals surface area (Å²) in [6, 6.07) is -0.266. The van der Waals surface area contributed by atoms with Crippen molar-refractivity contribution in [3.8, 4) is 0 Å². The van der Waals surface area contributed by atoms with Gasteiger partial charge in [-0.05, 0) is 19.3 Å². The van der Waals surface area contributed by atoms with Crippen LogP contribution in [0.1, 0.15) is 62.8 Å². The molecule has 0 spiro atoms. The van der Waals surface area contributed by atoms with Gasteiger partial charge in [-0.2, -0.15) is 10.2 Å². The van der Waals surface area contributed by atoms with Gasteiger partial charge in [-0.25, -0.2) is 22.8 Å². The number of aromatic nitrogens is 5. The first-order valence-corrected chi connectivity index (χ1v) is 10.5. The molecule has 10 heteroatoms. The smallest absolute Gasteiger partial charge is 0.244 e. The van der Waals surface area contributed by atoms with Gasteiger partial charge in [0.05, 0.1) is 24.9 Å². The number of ether oxygens (including phenoxy) is 1. The summed E-state index contributed by atoms with van der Waals surface area (Å²) in [7, 11) is -3.68. The van der Waals surface area contributed by atoms with E-state index in [0.29, 0.717) is 25.5 Å². The highest BCUT2D eigenvalue weighted by atomic mass is 32.2. The van der Waals surface area contributed by atoms with E-state index in [9.17, 15) is 8.42 Å². The van der Waals surface area contributed by atoms with Gasteiger partial charge in [-0.15, -0.1) is 0 Å². The predicted octanol–water partition coefficient (Wildman–Crippen LogP) is 1.37. The minimum absolute atomic E-state index is 0.102. The van der Waals surface area contributed by atoms with E-state index in [4.69, 9.17) is 4.74 Å². The molecule has 0 amide bonds. The zero-order valence-corrected chi connectivity index (χ0v) is 15.8. The third-order valence-electron chi connectivity index (χ3n) is 4.87. The molecule has 1 saturated heterocycles. The van der Waals surface area contributed by atoms with E-state index in [-0.39, 0.29) is 22.9 Å². The van der Waals surface area contributed by atoms with Crippen molar-refractivity contribution in [3.05, 3.63) is 24.0 Å². The van der Waals surface area contributed by atoms with Gasteiger partial charge in [0.25, 0.3) is 0 Å². The zero-order valence-electron chi connectivity index (χ0n) is 15.0. The number of rotatable bonds is 5. The van der Waals surface area contributed by atoms with Crippen LogP contribution in [0, 0.1) is 0 Å². The van der Waals surface area contributed by atoms with E-state index >= 15 is 0 Å². The molecule has 4 rings (SSSR count). The third-order valence-corrected chi connectivity index (χ3v) is 6.30. The maximum Gasteiger partial charge on any atom is 0.244 e. The molecule has 1 fully saturated rings. The van der Waals surface area contributed by atoms with Gasteiger partial charge < -0.3 is 4.74 Å². The summed E-state index contributed by atoms with van der Waals surface area (Å²) in [6.45, 7) is 6.08. The van der Waals surface area contributed by atoms with Crippen LogP contribution in [0.25, 0.3) is 0 Å². The predicted molar refractivity (Wildman–Crippen MR) is 93.1 cm³/mol. The van der Waals surface area contributed by atoms with Crippen LogP contribution >= 0.6 is 0 Å². The Morgan fingerprint density at radius 3 is 2.92 bits per heavy atom. The lowest BCUT2D eigenvalue weighted by Gasteiger charge is -2.22. The Kier molecular flexibility index (Phi) is 4.57. The highest BCUT2D eigenvalue weighted by Crippen LogP contribution is 2.27. The van der Waals surface area contributed by atoms with Crippen molar-refractivity contribution in [1.29, 1.82) is 0 Å². The quantitative estimate of drug-likeness (QED) is 0.840. The van der Waals surface area contributed by atoms with Crippen LogP contribution in [0.3, 0.4) is 0 Å². The Balaban J connectivity index is 1.55. The van der Waals surface area contributed by atoms with Gasteiger partial charge in [0.15, 0.2) is 5.82 Å². The van der Waals surface area contributed by atoms with E-state index in [2.05, 4.69) is 19.9 Å². The average Bonchev–Trinajstić information content (AvgIpc) is 3.33. The molecule has 0 unspecified atom stereocenters. The summed E-state index contributed by atoms with van der Waals surface area (Å²) < 4.78 is 37.3. The summed E-state index contributed by atoms with van der Waals surface area (Å²) in [5, 5.41) is 8.71.